The minimum Gasteiger partial charge on any atom is -0.300 e. The van der Waals surface area contributed by atoms with Gasteiger partial charge in [0.2, 0.25) is 0 Å². The first-order valence-electron chi connectivity index (χ1n) is 8.13. The third kappa shape index (κ3) is 2.77. The lowest BCUT2D eigenvalue weighted by molar-refractivity contribution is 0.700. The van der Waals surface area contributed by atoms with E-state index < -0.39 is 0 Å². The average Bonchev–Trinajstić information content (AvgIpc) is 2.52. The van der Waals surface area contributed by atoms with E-state index in [4.69, 9.17) is 0 Å². The Morgan fingerprint density at radius 1 is 0.917 bits per heavy atom. The summed E-state index contributed by atoms with van der Waals surface area (Å²) in [6.07, 6.45) is 0. The molecule has 0 N–H and O–H groups in total. The molecule has 0 aliphatic rings. The van der Waals surface area contributed by atoms with Crippen molar-refractivity contribution >= 4 is 5.57 Å². The Hall–Kier alpha value is -2.36. The van der Waals surface area contributed by atoms with E-state index in [1.165, 1.54) is 20.3 Å². The Bertz CT molecular complexity index is 931. The highest BCUT2D eigenvalue weighted by atomic mass is 16.2. The van der Waals surface area contributed by atoms with Crippen LogP contribution in [0.4, 0.5) is 0 Å². The van der Waals surface area contributed by atoms with Gasteiger partial charge >= 0.3 is 5.69 Å². The molecule has 2 aromatic rings. The van der Waals surface area contributed by atoms with Gasteiger partial charge in [0, 0.05) is 18.3 Å². The summed E-state index contributed by atoms with van der Waals surface area (Å²) in [5.41, 5.74) is 6.91. The van der Waals surface area contributed by atoms with Crippen molar-refractivity contribution in [3.63, 3.8) is 0 Å². The van der Waals surface area contributed by atoms with Crippen LogP contribution in [0.5, 0.6) is 0 Å². The van der Waals surface area contributed by atoms with Crippen LogP contribution in [0, 0.1) is 27.7 Å². The van der Waals surface area contributed by atoms with Gasteiger partial charge in [-0.05, 0) is 76.8 Å². The maximum absolute atomic E-state index is 12.8. The summed E-state index contributed by atoms with van der Waals surface area (Å²) in [5, 5.41) is 0. The fourth-order valence-electron chi connectivity index (χ4n) is 2.92. The van der Waals surface area contributed by atoms with Crippen LogP contribution in [-0.2, 0) is 7.05 Å². The number of aryl methyl sites for hydroxylation is 2. The van der Waals surface area contributed by atoms with Gasteiger partial charge in [0.25, 0.3) is 5.56 Å². The zero-order valence-electron chi connectivity index (χ0n) is 15.9. The van der Waals surface area contributed by atoms with E-state index in [1.807, 2.05) is 19.1 Å². The quantitative estimate of drug-likeness (QED) is 0.846. The first-order chi connectivity index (χ1) is 11.1. The van der Waals surface area contributed by atoms with E-state index in [2.05, 4.69) is 27.7 Å². The van der Waals surface area contributed by atoms with Gasteiger partial charge in [-0.25, -0.2) is 9.36 Å². The minimum absolute atomic E-state index is 0.247. The zero-order valence-corrected chi connectivity index (χ0v) is 15.9. The molecule has 1 aromatic carbocycles. The maximum Gasteiger partial charge on any atom is 0.335 e. The molecule has 0 unspecified atom stereocenters. The lowest BCUT2D eigenvalue weighted by Crippen LogP contribution is -2.40. The summed E-state index contributed by atoms with van der Waals surface area (Å²) in [6, 6.07) is 4.00. The van der Waals surface area contributed by atoms with E-state index in [0.717, 1.165) is 16.7 Å². The summed E-state index contributed by atoms with van der Waals surface area (Å²) in [4.78, 5) is 25.5. The molecular formula is C20H26N2O2. The van der Waals surface area contributed by atoms with Gasteiger partial charge in [-0.1, -0.05) is 11.6 Å². The number of aromatic nitrogens is 2. The molecule has 1 heterocycles. The van der Waals surface area contributed by atoms with E-state index in [1.54, 1.807) is 20.9 Å². The molecular weight excluding hydrogens is 300 g/mol. The molecule has 0 aliphatic heterocycles. The molecule has 0 aliphatic carbocycles. The number of hydrogen-bond acceptors (Lipinski definition) is 2. The largest absolute Gasteiger partial charge is 0.335 e. The van der Waals surface area contributed by atoms with Crippen LogP contribution in [0.1, 0.15) is 48.7 Å². The van der Waals surface area contributed by atoms with Gasteiger partial charge in [0.1, 0.15) is 0 Å². The number of rotatable bonds is 2. The number of hydrogen-bond donors (Lipinski definition) is 0. The van der Waals surface area contributed by atoms with Crippen LogP contribution >= 0.6 is 0 Å². The van der Waals surface area contributed by atoms with Gasteiger partial charge in [-0.2, -0.15) is 0 Å². The third-order valence-electron chi connectivity index (χ3n) is 4.99. The van der Waals surface area contributed by atoms with Crippen molar-refractivity contribution in [3.05, 3.63) is 66.5 Å². The monoisotopic (exact) mass is 326 g/mol. The lowest BCUT2D eigenvalue weighted by Gasteiger charge is -2.17. The summed E-state index contributed by atoms with van der Waals surface area (Å²) in [6.45, 7) is 13.7. The zero-order chi connectivity index (χ0) is 18.3. The molecule has 0 radical (unpaired) electrons. The number of nitrogens with zero attached hydrogens (tertiary/aromatic N) is 2. The van der Waals surface area contributed by atoms with Gasteiger partial charge in [-0.15, -0.1) is 0 Å². The molecule has 128 valence electrons. The molecule has 0 amide bonds. The Labute approximate surface area is 143 Å². The Kier molecular flexibility index (Phi) is 4.70. The average molecular weight is 326 g/mol. The van der Waals surface area contributed by atoms with Crippen molar-refractivity contribution in [1.82, 2.24) is 9.13 Å². The van der Waals surface area contributed by atoms with E-state index in [-0.39, 0.29) is 11.2 Å². The standard InChI is InChI=1S/C20H26N2O2/c1-11(2)14(5)17-10-18(13(4)9-12(17)3)22-19(23)15(6)16(7)21(8)20(22)24/h9-10H,1-8H3. The molecule has 2 rings (SSSR count). The van der Waals surface area contributed by atoms with Crippen LogP contribution in [0.25, 0.3) is 11.3 Å². The predicted molar refractivity (Wildman–Crippen MR) is 100 cm³/mol. The van der Waals surface area contributed by atoms with Crippen LogP contribution < -0.4 is 11.2 Å². The van der Waals surface area contributed by atoms with Gasteiger partial charge < -0.3 is 4.57 Å². The smallest absolute Gasteiger partial charge is 0.300 e. The summed E-state index contributed by atoms with van der Waals surface area (Å²) < 4.78 is 2.82. The second-order valence-corrected chi connectivity index (χ2v) is 6.77. The highest BCUT2D eigenvalue weighted by Crippen LogP contribution is 2.26. The second-order valence-electron chi connectivity index (χ2n) is 6.77. The maximum atomic E-state index is 12.8. The summed E-state index contributed by atoms with van der Waals surface area (Å²) in [5.74, 6) is 0. The van der Waals surface area contributed by atoms with Crippen LogP contribution in [0.3, 0.4) is 0 Å². The third-order valence-corrected chi connectivity index (χ3v) is 4.99. The Balaban J connectivity index is 2.95. The van der Waals surface area contributed by atoms with Crippen molar-refractivity contribution in [2.45, 2.75) is 48.5 Å². The first kappa shape index (κ1) is 18.0. The minimum atomic E-state index is -0.309. The summed E-state index contributed by atoms with van der Waals surface area (Å²) in [7, 11) is 1.70. The van der Waals surface area contributed by atoms with Crippen LogP contribution in [0.15, 0.2) is 27.3 Å². The highest BCUT2D eigenvalue weighted by molar-refractivity contribution is 5.71. The molecule has 0 fully saturated rings. The molecule has 0 saturated heterocycles. The topological polar surface area (TPSA) is 44.0 Å². The lowest BCUT2D eigenvalue weighted by atomic mass is 9.95. The molecule has 4 nitrogen and oxygen atoms in total. The van der Waals surface area contributed by atoms with Gasteiger partial charge in [0.05, 0.1) is 5.69 Å². The number of benzene rings is 1. The van der Waals surface area contributed by atoms with E-state index >= 15 is 0 Å². The molecule has 24 heavy (non-hydrogen) atoms. The molecule has 0 spiro atoms. The Morgan fingerprint density at radius 3 is 2.04 bits per heavy atom. The molecule has 0 atom stereocenters. The Morgan fingerprint density at radius 2 is 1.50 bits per heavy atom. The highest BCUT2D eigenvalue weighted by Gasteiger charge is 2.16. The fraction of sp³-hybridized carbons (Fsp3) is 0.400. The van der Waals surface area contributed by atoms with E-state index in [9.17, 15) is 9.59 Å². The molecule has 0 saturated carbocycles. The fourth-order valence-corrected chi connectivity index (χ4v) is 2.92. The van der Waals surface area contributed by atoms with Crippen molar-refractivity contribution in [2.75, 3.05) is 0 Å². The van der Waals surface area contributed by atoms with Crippen molar-refractivity contribution in [2.24, 2.45) is 7.05 Å². The van der Waals surface area contributed by atoms with Crippen molar-refractivity contribution in [1.29, 1.82) is 0 Å². The SMILES string of the molecule is CC(C)=C(C)c1cc(-n2c(=O)c(C)c(C)n(C)c2=O)c(C)cc1C. The predicted octanol–water partition coefficient (Wildman–Crippen LogP) is 3.58. The van der Waals surface area contributed by atoms with Crippen molar-refractivity contribution in [3.8, 4) is 5.69 Å². The number of allylic oxidation sites excluding steroid dienone is 2. The van der Waals surface area contributed by atoms with Crippen LogP contribution in [-0.4, -0.2) is 9.13 Å². The summed E-state index contributed by atoms with van der Waals surface area (Å²) >= 11 is 0. The molecule has 4 heteroatoms. The first-order valence-corrected chi connectivity index (χ1v) is 8.13. The van der Waals surface area contributed by atoms with Crippen LogP contribution in [0.2, 0.25) is 0 Å². The van der Waals surface area contributed by atoms with Gasteiger partial charge in [0.15, 0.2) is 0 Å². The van der Waals surface area contributed by atoms with E-state index in [0.29, 0.717) is 16.9 Å². The molecule has 1 aromatic heterocycles. The normalized spacial score (nSPS) is 10.8. The second kappa shape index (κ2) is 6.27. The molecule has 0 bridgehead atoms. The van der Waals surface area contributed by atoms with Crippen molar-refractivity contribution < 1.29 is 0 Å². The van der Waals surface area contributed by atoms with Gasteiger partial charge in [-0.3, -0.25) is 4.79 Å².